The maximum absolute atomic E-state index is 10.3. The van der Waals surface area contributed by atoms with E-state index in [0.29, 0.717) is 0 Å². The average Bonchev–Trinajstić information content (AvgIpc) is 1.94. The molecule has 3 N–H and O–H groups in total. The molecule has 1 aromatic rings. The van der Waals surface area contributed by atoms with Gasteiger partial charge in [0.2, 0.25) is 0 Å². The molecule has 0 aromatic carbocycles. The molecule has 0 aliphatic carbocycles. The highest BCUT2D eigenvalue weighted by Gasteiger charge is 2.09. The van der Waals surface area contributed by atoms with Crippen LogP contribution in [0.3, 0.4) is 0 Å². The number of nitrogens with two attached hydrogens (primary N) is 1. The molecule has 11 heavy (non-hydrogen) atoms. The van der Waals surface area contributed by atoms with E-state index in [0.717, 1.165) is 0 Å². The molecule has 0 unspecified atom stereocenters. The number of carboxylic acid groups (broad SMARTS) is 1. The van der Waals surface area contributed by atoms with Crippen molar-refractivity contribution in [2.75, 3.05) is 5.73 Å². The zero-order chi connectivity index (χ0) is 8.43. The third-order valence-corrected chi connectivity index (χ3v) is 1.02. The van der Waals surface area contributed by atoms with Crippen LogP contribution in [0.4, 0.5) is 5.82 Å². The molecule has 0 aliphatic rings. The highest BCUT2D eigenvalue weighted by molar-refractivity contribution is 6.30. The van der Waals surface area contributed by atoms with Gasteiger partial charge in [-0.15, -0.1) is 0 Å². The van der Waals surface area contributed by atoms with E-state index in [1.807, 2.05) is 0 Å². The quantitative estimate of drug-likeness (QED) is 0.476. The minimum absolute atomic E-state index is 0.0385. The molecule has 0 spiro atoms. The van der Waals surface area contributed by atoms with E-state index in [-0.39, 0.29) is 17.1 Å². The topological polar surface area (TPSA) is 89.1 Å². The summed E-state index contributed by atoms with van der Waals surface area (Å²) in [4.78, 5) is 17.3. The van der Waals surface area contributed by atoms with Gasteiger partial charge in [-0.2, -0.15) is 0 Å². The molecule has 54 valence electrons. The first-order valence-corrected chi connectivity index (χ1v) is 2.72. The molecular formula is C5H4BN3O2. The standard InChI is InChI=1S/C5H4BN3O2/c6-2-1-8-4(7)3(9-2)5(10)11/h1H,(H2,7,8)(H,10,11). The number of hydrogen-bond donors (Lipinski definition) is 2. The predicted molar refractivity (Wildman–Crippen MR) is 38.8 cm³/mol. The van der Waals surface area contributed by atoms with E-state index < -0.39 is 5.97 Å². The zero-order valence-corrected chi connectivity index (χ0v) is 5.48. The molecule has 0 aliphatic heterocycles. The highest BCUT2D eigenvalue weighted by Crippen LogP contribution is 1.99. The van der Waals surface area contributed by atoms with Gasteiger partial charge in [0.1, 0.15) is 7.85 Å². The first-order chi connectivity index (χ1) is 5.11. The SMILES string of the molecule is [B]c1cnc(N)c(C(=O)O)n1. The second kappa shape index (κ2) is 2.57. The van der Waals surface area contributed by atoms with Crippen molar-refractivity contribution in [2.45, 2.75) is 0 Å². The Labute approximate surface area is 63.7 Å². The summed E-state index contributed by atoms with van der Waals surface area (Å²) >= 11 is 0. The summed E-state index contributed by atoms with van der Waals surface area (Å²) in [6.45, 7) is 0. The Kier molecular flexibility index (Phi) is 1.76. The Bertz CT molecular complexity index is 302. The van der Waals surface area contributed by atoms with E-state index >= 15 is 0 Å². The number of aromatic nitrogens is 2. The molecule has 1 aromatic heterocycles. The Morgan fingerprint density at radius 3 is 2.82 bits per heavy atom. The second-order valence-corrected chi connectivity index (χ2v) is 1.83. The van der Waals surface area contributed by atoms with Crippen molar-refractivity contribution in [1.82, 2.24) is 9.97 Å². The predicted octanol–water partition coefficient (Wildman–Crippen LogP) is -1.45. The van der Waals surface area contributed by atoms with Crippen LogP contribution in [-0.4, -0.2) is 28.9 Å². The summed E-state index contributed by atoms with van der Waals surface area (Å²) in [6.07, 6.45) is 1.20. The van der Waals surface area contributed by atoms with Gasteiger partial charge in [0.25, 0.3) is 0 Å². The summed E-state index contributed by atoms with van der Waals surface area (Å²) in [5.41, 5.74) is 4.90. The van der Waals surface area contributed by atoms with Crippen LogP contribution >= 0.6 is 0 Å². The smallest absolute Gasteiger partial charge is 0.358 e. The number of aromatic carboxylic acids is 1. The third kappa shape index (κ3) is 1.46. The molecule has 1 heterocycles. The minimum atomic E-state index is -1.23. The fourth-order valence-corrected chi connectivity index (χ4v) is 0.569. The molecule has 2 radical (unpaired) electrons. The lowest BCUT2D eigenvalue weighted by atomic mass is 10.1. The number of nitrogen functional groups attached to an aromatic ring is 1. The Hall–Kier alpha value is -1.59. The number of anilines is 1. The number of hydrogen-bond acceptors (Lipinski definition) is 4. The largest absolute Gasteiger partial charge is 0.476 e. The van der Waals surface area contributed by atoms with Crippen molar-refractivity contribution in [3.63, 3.8) is 0 Å². The number of rotatable bonds is 1. The van der Waals surface area contributed by atoms with Crippen LogP contribution in [0.1, 0.15) is 10.5 Å². The molecule has 6 heteroatoms. The zero-order valence-electron chi connectivity index (χ0n) is 5.48. The van der Waals surface area contributed by atoms with Gasteiger partial charge in [-0.25, -0.2) is 9.78 Å². The lowest BCUT2D eigenvalue weighted by molar-refractivity contribution is 0.0691. The van der Waals surface area contributed by atoms with Crippen LogP contribution in [0.15, 0.2) is 6.20 Å². The summed E-state index contributed by atoms with van der Waals surface area (Å²) < 4.78 is 0. The molecule has 1 rings (SSSR count). The molecule has 0 bridgehead atoms. The number of nitrogens with zero attached hydrogens (tertiary/aromatic N) is 2. The number of carboxylic acids is 1. The summed E-state index contributed by atoms with van der Waals surface area (Å²) in [5.74, 6) is -1.37. The van der Waals surface area contributed by atoms with Crippen molar-refractivity contribution < 1.29 is 9.90 Å². The molecule has 0 saturated carbocycles. The van der Waals surface area contributed by atoms with Crippen LogP contribution in [0.25, 0.3) is 0 Å². The average molecular weight is 149 g/mol. The van der Waals surface area contributed by atoms with Gasteiger partial charge < -0.3 is 10.8 Å². The Morgan fingerprint density at radius 1 is 1.73 bits per heavy atom. The Morgan fingerprint density at radius 2 is 2.36 bits per heavy atom. The van der Waals surface area contributed by atoms with Crippen LogP contribution in [0.2, 0.25) is 0 Å². The lowest BCUT2D eigenvalue weighted by Crippen LogP contribution is -2.17. The van der Waals surface area contributed by atoms with Gasteiger partial charge in [0.15, 0.2) is 11.5 Å². The van der Waals surface area contributed by atoms with Crippen LogP contribution < -0.4 is 11.3 Å². The van der Waals surface area contributed by atoms with Gasteiger partial charge in [-0.3, -0.25) is 4.98 Å². The number of carbonyl (C=O) groups is 1. The van der Waals surface area contributed by atoms with Gasteiger partial charge >= 0.3 is 5.97 Å². The van der Waals surface area contributed by atoms with Crippen molar-refractivity contribution in [1.29, 1.82) is 0 Å². The lowest BCUT2D eigenvalue weighted by Gasteiger charge is -1.98. The first-order valence-electron chi connectivity index (χ1n) is 2.72. The fraction of sp³-hybridized carbons (Fsp3) is 0. The summed E-state index contributed by atoms with van der Waals surface area (Å²) in [5, 5.41) is 8.45. The van der Waals surface area contributed by atoms with Gasteiger partial charge in [-0.1, -0.05) is 0 Å². The van der Waals surface area contributed by atoms with Crippen molar-refractivity contribution >= 4 is 25.2 Å². The fourth-order valence-electron chi connectivity index (χ4n) is 0.569. The van der Waals surface area contributed by atoms with Crippen molar-refractivity contribution in [2.24, 2.45) is 0 Å². The van der Waals surface area contributed by atoms with Gasteiger partial charge in [-0.05, 0) is 0 Å². The highest BCUT2D eigenvalue weighted by atomic mass is 16.4. The van der Waals surface area contributed by atoms with E-state index in [2.05, 4.69) is 9.97 Å². The van der Waals surface area contributed by atoms with Crippen LogP contribution in [-0.2, 0) is 0 Å². The molecule has 5 nitrogen and oxygen atoms in total. The Balaban J connectivity index is 3.23. The maximum atomic E-state index is 10.3. The summed E-state index contributed by atoms with van der Waals surface area (Å²) in [6, 6.07) is 0. The normalized spacial score (nSPS) is 9.45. The molecule has 0 saturated heterocycles. The molecule has 0 atom stereocenters. The molecule has 0 fully saturated rings. The van der Waals surface area contributed by atoms with E-state index in [1.54, 1.807) is 0 Å². The third-order valence-electron chi connectivity index (χ3n) is 1.02. The van der Waals surface area contributed by atoms with Crippen LogP contribution in [0.5, 0.6) is 0 Å². The van der Waals surface area contributed by atoms with E-state index in [9.17, 15) is 4.79 Å². The molecular weight excluding hydrogens is 145 g/mol. The van der Waals surface area contributed by atoms with Crippen LogP contribution in [0, 0.1) is 0 Å². The van der Waals surface area contributed by atoms with Gasteiger partial charge in [0.05, 0.1) is 0 Å². The van der Waals surface area contributed by atoms with Crippen molar-refractivity contribution in [3.8, 4) is 0 Å². The first kappa shape index (κ1) is 7.52. The maximum Gasteiger partial charge on any atom is 0.358 e. The van der Waals surface area contributed by atoms with Crippen molar-refractivity contribution in [3.05, 3.63) is 11.9 Å². The van der Waals surface area contributed by atoms with Gasteiger partial charge in [0, 0.05) is 11.8 Å². The monoisotopic (exact) mass is 149 g/mol. The van der Waals surface area contributed by atoms with E-state index in [4.69, 9.17) is 18.7 Å². The van der Waals surface area contributed by atoms with E-state index in [1.165, 1.54) is 6.20 Å². The summed E-state index contributed by atoms with van der Waals surface area (Å²) in [7, 11) is 5.17. The molecule has 0 amide bonds. The minimum Gasteiger partial charge on any atom is -0.476 e. The second-order valence-electron chi connectivity index (χ2n) is 1.83.